The van der Waals surface area contributed by atoms with Crippen LogP contribution in [-0.2, 0) is 10.5 Å². The fraction of sp³-hybridized carbons (Fsp3) is 0.333. The molecule has 0 aliphatic heterocycles. The molecular weight excluding hydrogens is 338 g/mol. The quantitative estimate of drug-likeness (QED) is 0.786. The van der Waals surface area contributed by atoms with Crippen molar-refractivity contribution < 1.29 is 14.7 Å². The molecule has 0 radical (unpaired) electrons. The number of thioether (sulfide) groups is 1. The normalized spacial score (nSPS) is 10.7. The molecule has 0 bridgehead atoms. The van der Waals surface area contributed by atoms with Gasteiger partial charge >= 0.3 is 5.97 Å². The summed E-state index contributed by atoms with van der Waals surface area (Å²) in [6.07, 6.45) is 1.56. The summed E-state index contributed by atoms with van der Waals surface area (Å²) in [7, 11) is 0. The summed E-state index contributed by atoms with van der Waals surface area (Å²) in [6, 6.07) is 7.38. The highest BCUT2D eigenvalue weighted by atomic mass is 32.2. The average molecular weight is 359 g/mol. The molecule has 25 heavy (non-hydrogen) atoms. The molecule has 7 heteroatoms. The summed E-state index contributed by atoms with van der Waals surface area (Å²) in [5.41, 5.74) is 2.80. The van der Waals surface area contributed by atoms with Gasteiger partial charge in [0.05, 0.1) is 17.0 Å². The summed E-state index contributed by atoms with van der Waals surface area (Å²) in [6.45, 7) is 5.77. The first-order valence-electron chi connectivity index (χ1n) is 7.90. The summed E-state index contributed by atoms with van der Waals surface area (Å²) >= 11 is 1.31. The number of amides is 1. The van der Waals surface area contributed by atoms with Gasteiger partial charge in [0, 0.05) is 17.6 Å². The lowest BCUT2D eigenvalue weighted by molar-refractivity contribution is -0.133. The fourth-order valence-corrected chi connectivity index (χ4v) is 2.99. The van der Waals surface area contributed by atoms with Crippen molar-refractivity contribution >= 4 is 29.3 Å². The number of carbonyl (C=O) groups excluding carboxylic acids is 1. The minimum Gasteiger partial charge on any atom is -0.481 e. The fourth-order valence-electron chi connectivity index (χ4n) is 2.30. The Balaban J connectivity index is 2.12. The Morgan fingerprint density at radius 3 is 2.76 bits per heavy atom. The minimum atomic E-state index is -0.838. The predicted molar refractivity (Wildman–Crippen MR) is 99.1 cm³/mol. The van der Waals surface area contributed by atoms with E-state index in [1.165, 1.54) is 11.8 Å². The van der Waals surface area contributed by atoms with E-state index < -0.39 is 5.97 Å². The van der Waals surface area contributed by atoms with Crippen LogP contribution >= 0.6 is 11.8 Å². The molecule has 0 spiro atoms. The topological polar surface area (TPSA) is 92.2 Å². The number of nitrogens with one attached hydrogen (secondary N) is 1. The van der Waals surface area contributed by atoms with Gasteiger partial charge in [0.1, 0.15) is 5.82 Å². The van der Waals surface area contributed by atoms with Gasteiger partial charge in [-0.1, -0.05) is 26.0 Å². The second-order valence-corrected chi connectivity index (χ2v) is 6.90. The number of nitrogens with zero attached hydrogens (tertiary/aromatic N) is 2. The van der Waals surface area contributed by atoms with E-state index in [0.717, 1.165) is 11.3 Å². The molecule has 1 heterocycles. The third-order valence-electron chi connectivity index (χ3n) is 3.41. The van der Waals surface area contributed by atoms with Crippen molar-refractivity contribution in [3.05, 3.63) is 53.1 Å². The van der Waals surface area contributed by atoms with E-state index in [0.29, 0.717) is 22.8 Å². The van der Waals surface area contributed by atoms with E-state index in [4.69, 9.17) is 5.11 Å². The van der Waals surface area contributed by atoms with Crippen molar-refractivity contribution in [2.75, 3.05) is 11.1 Å². The van der Waals surface area contributed by atoms with E-state index in [9.17, 15) is 9.59 Å². The van der Waals surface area contributed by atoms with Crippen LogP contribution in [0, 0.1) is 6.92 Å². The maximum Gasteiger partial charge on any atom is 0.313 e. The van der Waals surface area contributed by atoms with Crippen LogP contribution in [0.3, 0.4) is 0 Å². The molecule has 0 saturated heterocycles. The zero-order chi connectivity index (χ0) is 18.4. The van der Waals surface area contributed by atoms with Crippen molar-refractivity contribution in [2.24, 2.45) is 0 Å². The van der Waals surface area contributed by atoms with E-state index in [1.54, 1.807) is 19.2 Å². The lowest BCUT2D eigenvalue weighted by atomic mass is 10.0. The highest BCUT2D eigenvalue weighted by molar-refractivity contribution is 7.99. The Morgan fingerprint density at radius 2 is 2.08 bits per heavy atom. The van der Waals surface area contributed by atoms with Gasteiger partial charge in [-0.25, -0.2) is 9.97 Å². The molecule has 0 unspecified atom stereocenters. The molecule has 2 rings (SSSR count). The number of benzene rings is 1. The molecule has 0 aliphatic rings. The number of hydrogen-bond donors (Lipinski definition) is 2. The van der Waals surface area contributed by atoms with Crippen LogP contribution in [0.25, 0.3) is 0 Å². The van der Waals surface area contributed by atoms with Gasteiger partial charge in [0.2, 0.25) is 0 Å². The number of aromatic nitrogens is 2. The molecule has 1 aromatic carbocycles. The molecule has 1 aromatic heterocycles. The van der Waals surface area contributed by atoms with Crippen molar-refractivity contribution in [1.29, 1.82) is 0 Å². The Kier molecular flexibility index (Phi) is 6.52. The molecule has 132 valence electrons. The van der Waals surface area contributed by atoms with Crippen LogP contribution in [0.15, 0.2) is 30.5 Å². The molecule has 1 amide bonds. The Morgan fingerprint density at radius 1 is 1.32 bits per heavy atom. The van der Waals surface area contributed by atoms with Crippen LogP contribution in [0.5, 0.6) is 0 Å². The smallest absolute Gasteiger partial charge is 0.313 e. The van der Waals surface area contributed by atoms with Gasteiger partial charge in [-0.15, -0.1) is 11.8 Å². The van der Waals surface area contributed by atoms with Gasteiger partial charge < -0.3 is 10.4 Å². The number of carboxylic acid groups (broad SMARTS) is 1. The highest BCUT2D eigenvalue weighted by Gasteiger charge is 2.16. The first-order valence-corrected chi connectivity index (χ1v) is 9.05. The lowest BCUT2D eigenvalue weighted by Crippen LogP contribution is -2.17. The number of carbonyl (C=O) groups is 2. The van der Waals surface area contributed by atoms with E-state index in [1.807, 2.05) is 32.0 Å². The third-order valence-corrected chi connectivity index (χ3v) is 4.40. The molecule has 0 fully saturated rings. The first kappa shape index (κ1) is 18.9. The zero-order valence-electron chi connectivity index (χ0n) is 14.4. The summed E-state index contributed by atoms with van der Waals surface area (Å²) in [5, 5.41) is 11.6. The second kappa shape index (κ2) is 8.62. The van der Waals surface area contributed by atoms with Gasteiger partial charge in [-0.2, -0.15) is 0 Å². The van der Waals surface area contributed by atoms with E-state index in [2.05, 4.69) is 15.3 Å². The first-order chi connectivity index (χ1) is 11.9. The van der Waals surface area contributed by atoms with E-state index >= 15 is 0 Å². The molecule has 0 aliphatic carbocycles. The van der Waals surface area contributed by atoms with Gasteiger partial charge in [0.15, 0.2) is 0 Å². The van der Waals surface area contributed by atoms with Gasteiger partial charge in [0.25, 0.3) is 5.91 Å². The number of aliphatic carboxylic acids is 1. The van der Waals surface area contributed by atoms with Gasteiger partial charge in [-0.05, 0) is 30.5 Å². The van der Waals surface area contributed by atoms with Crippen molar-refractivity contribution in [1.82, 2.24) is 9.97 Å². The van der Waals surface area contributed by atoms with Crippen LogP contribution in [0.4, 0.5) is 5.69 Å². The zero-order valence-corrected chi connectivity index (χ0v) is 15.3. The largest absolute Gasteiger partial charge is 0.481 e. The monoisotopic (exact) mass is 359 g/mol. The van der Waals surface area contributed by atoms with E-state index in [-0.39, 0.29) is 17.6 Å². The van der Waals surface area contributed by atoms with Crippen molar-refractivity contribution in [2.45, 2.75) is 32.4 Å². The van der Waals surface area contributed by atoms with Crippen LogP contribution in [0.1, 0.15) is 47.2 Å². The van der Waals surface area contributed by atoms with Crippen LogP contribution in [0.2, 0.25) is 0 Å². The Hall–Kier alpha value is -2.41. The lowest BCUT2D eigenvalue weighted by Gasteiger charge is -2.12. The number of carboxylic acids is 1. The Labute approximate surface area is 151 Å². The number of anilines is 1. The molecule has 6 nitrogen and oxygen atoms in total. The summed E-state index contributed by atoms with van der Waals surface area (Å²) < 4.78 is 0. The SMILES string of the molecule is Cc1ncc(C(=O)Nc2cccc(CSCC(=O)O)c2)c(C(C)C)n1. The molecule has 2 aromatic rings. The highest BCUT2D eigenvalue weighted by Crippen LogP contribution is 2.20. The number of rotatable bonds is 7. The molecule has 0 atom stereocenters. The maximum atomic E-state index is 12.6. The molecule has 0 saturated carbocycles. The predicted octanol–water partition coefficient (Wildman–Crippen LogP) is 3.48. The standard InChI is InChI=1S/C18H21N3O3S/c1-11(2)17-15(8-19-12(3)20-17)18(24)21-14-6-4-5-13(7-14)9-25-10-16(22)23/h4-8,11H,9-10H2,1-3H3,(H,21,24)(H,22,23). The Bertz CT molecular complexity index is 778. The van der Waals surface area contributed by atoms with Crippen molar-refractivity contribution in [3.63, 3.8) is 0 Å². The van der Waals surface area contributed by atoms with Gasteiger partial charge in [-0.3, -0.25) is 9.59 Å². The molecule has 2 N–H and O–H groups in total. The molecular formula is C18H21N3O3S. The second-order valence-electron chi connectivity index (χ2n) is 5.91. The third kappa shape index (κ3) is 5.56. The minimum absolute atomic E-state index is 0.0506. The number of aryl methyl sites for hydroxylation is 1. The maximum absolute atomic E-state index is 12.6. The number of hydrogen-bond acceptors (Lipinski definition) is 5. The average Bonchev–Trinajstić information content (AvgIpc) is 2.54. The van der Waals surface area contributed by atoms with Crippen molar-refractivity contribution in [3.8, 4) is 0 Å². The summed E-state index contributed by atoms with van der Waals surface area (Å²) in [5.74, 6) is 0.281. The van der Waals surface area contributed by atoms with Crippen LogP contribution in [-0.4, -0.2) is 32.7 Å². The van der Waals surface area contributed by atoms with Crippen LogP contribution < -0.4 is 5.32 Å². The summed E-state index contributed by atoms with van der Waals surface area (Å²) in [4.78, 5) is 31.7.